The van der Waals surface area contributed by atoms with Crippen LogP contribution in [0.3, 0.4) is 0 Å². The number of aryl methyl sites for hydroxylation is 2. The summed E-state index contributed by atoms with van der Waals surface area (Å²) < 4.78 is 11.8. The average Bonchev–Trinajstić information content (AvgIpc) is 2.99. The van der Waals surface area contributed by atoms with Crippen molar-refractivity contribution in [2.75, 3.05) is 0 Å². The molecule has 24 heavy (non-hydrogen) atoms. The lowest BCUT2D eigenvalue weighted by atomic mass is 9.85. The molecule has 0 saturated heterocycles. The highest BCUT2D eigenvalue weighted by Crippen LogP contribution is 2.38. The van der Waals surface area contributed by atoms with Crippen LogP contribution in [0.2, 0.25) is 0 Å². The predicted octanol–water partition coefficient (Wildman–Crippen LogP) is 4.95. The lowest BCUT2D eigenvalue weighted by Gasteiger charge is -2.19. The predicted molar refractivity (Wildman–Crippen MR) is 93.4 cm³/mol. The van der Waals surface area contributed by atoms with Crippen molar-refractivity contribution in [2.24, 2.45) is 5.16 Å². The van der Waals surface area contributed by atoms with Crippen LogP contribution in [-0.2, 0) is 18.3 Å². The summed E-state index contributed by atoms with van der Waals surface area (Å²) in [6.07, 6.45) is 6.03. The van der Waals surface area contributed by atoms with E-state index in [0.29, 0.717) is 5.55 Å². The quantitative estimate of drug-likeness (QED) is 0.470. The van der Waals surface area contributed by atoms with Crippen LogP contribution in [0.4, 0.5) is 0 Å². The first-order valence-corrected chi connectivity index (χ1v) is 8.59. The Hall–Kier alpha value is -2.23. The van der Waals surface area contributed by atoms with Crippen molar-refractivity contribution in [3.05, 3.63) is 40.1 Å². The van der Waals surface area contributed by atoms with Gasteiger partial charge in [0.05, 0.1) is 6.26 Å². The van der Waals surface area contributed by atoms with E-state index in [-0.39, 0.29) is 5.41 Å². The van der Waals surface area contributed by atoms with E-state index < -0.39 is 0 Å². The van der Waals surface area contributed by atoms with E-state index >= 15 is 0 Å². The van der Waals surface area contributed by atoms with Crippen molar-refractivity contribution in [3.63, 3.8) is 0 Å². The van der Waals surface area contributed by atoms with Crippen LogP contribution in [-0.4, -0.2) is 5.21 Å². The number of fused-ring (bicyclic) bond motifs is 4. The van der Waals surface area contributed by atoms with Gasteiger partial charge >= 0.3 is 0 Å². The maximum Gasteiger partial charge on any atom is 0.259 e. The van der Waals surface area contributed by atoms with E-state index in [2.05, 4.69) is 32.0 Å². The third-order valence-electron chi connectivity index (χ3n) is 5.19. The first-order valence-electron chi connectivity index (χ1n) is 8.59. The van der Waals surface area contributed by atoms with Gasteiger partial charge in [-0.2, -0.15) is 0 Å². The SMILES string of the molecule is Cc1c2occ(C(C)(C)C)c2cc2c3c(/c(=N/O)oc12)CCCC3. The highest BCUT2D eigenvalue weighted by molar-refractivity contribution is 6.00. The van der Waals surface area contributed by atoms with E-state index in [0.717, 1.165) is 58.7 Å². The van der Waals surface area contributed by atoms with Crippen molar-refractivity contribution >= 4 is 21.9 Å². The van der Waals surface area contributed by atoms with Crippen LogP contribution < -0.4 is 5.55 Å². The second kappa shape index (κ2) is 5.13. The van der Waals surface area contributed by atoms with Crippen LogP contribution in [0, 0.1) is 6.92 Å². The monoisotopic (exact) mass is 325 g/mol. The molecular weight excluding hydrogens is 302 g/mol. The van der Waals surface area contributed by atoms with Gasteiger partial charge < -0.3 is 14.0 Å². The molecule has 0 spiro atoms. The van der Waals surface area contributed by atoms with Crippen LogP contribution in [0.5, 0.6) is 0 Å². The molecule has 1 aromatic carbocycles. The summed E-state index contributed by atoms with van der Waals surface area (Å²) in [6.45, 7) is 8.61. The first-order chi connectivity index (χ1) is 11.4. The molecule has 4 nitrogen and oxygen atoms in total. The van der Waals surface area contributed by atoms with Crippen molar-refractivity contribution in [1.82, 2.24) is 0 Å². The Morgan fingerprint density at radius 3 is 2.42 bits per heavy atom. The van der Waals surface area contributed by atoms with Gasteiger partial charge in [-0.25, -0.2) is 0 Å². The van der Waals surface area contributed by atoms with Gasteiger partial charge in [0.1, 0.15) is 11.2 Å². The van der Waals surface area contributed by atoms with Gasteiger partial charge in [-0.3, -0.25) is 0 Å². The summed E-state index contributed by atoms with van der Waals surface area (Å²) in [5.74, 6) is 0. The Bertz CT molecular complexity index is 1020. The Balaban J connectivity index is 2.18. The summed E-state index contributed by atoms with van der Waals surface area (Å²) in [6, 6.07) is 2.20. The molecule has 0 radical (unpaired) electrons. The minimum Gasteiger partial charge on any atom is -0.464 e. The summed E-state index contributed by atoms with van der Waals surface area (Å²) in [5.41, 5.74) is 6.49. The van der Waals surface area contributed by atoms with Crippen molar-refractivity contribution < 1.29 is 14.0 Å². The minimum atomic E-state index is 0.0168. The van der Waals surface area contributed by atoms with Crippen LogP contribution in [0.25, 0.3) is 21.9 Å². The standard InChI is InChI=1S/C20H23NO3/c1-11-17-15(16(10-23-17)20(2,3)4)9-14-12-7-5-6-8-13(12)19(21-22)24-18(11)14/h9-10,22H,5-8H2,1-4H3/b21-19-. The highest BCUT2D eigenvalue weighted by Gasteiger charge is 2.24. The molecule has 2 aromatic heterocycles. The van der Waals surface area contributed by atoms with Gasteiger partial charge in [-0.1, -0.05) is 20.8 Å². The van der Waals surface area contributed by atoms with Crippen LogP contribution in [0.15, 0.2) is 26.3 Å². The third-order valence-corrected chi connectivity index (χ3v) is 5.19. The fraction of sp³-hybridized carbons (Fsp3) is 0.450. The first kappa shape index (κ1) is 15.3. The number of hydrogen-bond acceptors (Lipinski definition) is 4. The molecule has 1 aliphatic carbocycles. The van der Waals surface area contributed by atoms with Crippen LogP contribution >= 0.6 is 0 Å². The highest BCUT2D eigenvalue weighted by atomic mass is 16.5. The molecule has 1 N–H and O–H groups in total. The van der Waals surface area contributed by atoms with Crippen molar-refractivity contribution in [3.8, 4) is 0 Å². The number of nitrogens with zero attached hydrogens (tertiary/aromatic N) is 1. The summed E-state index contributed by atoms with van der Waals surface area (Å²) in [4.78, 5) is 0. The Labute approximate surface area is 140 Å². The van der Waals surface area contributed by atoms with Gasteiger partial charge in [0.25, 0.3) is 5.55 Å². The van der Waals surface area contributed by atoms with Crippen molar-refractivity contribution in [2.45, 2.75) is 58.8 Å². The zero-order valence-electron chi connectivity index (χ0n) is 14.7. The Kier molecular flexibility index (Phi) is 3.27. The number of benzene rings is 1. The maximum atomic E-state index is 9.38. The topological polar surface area (TPSA) is 58.9 Å². The molecule has 2 heterocycles. The molecule has 4 rings (SSSR count). The molecule has 4 heteroatoms. The molecular formula is C20H23NO3. The smallest absolute Gasteiger partial charge is 0.259 e. The van der Waals surface area contributed by atoms with Gasteiger partial charge in [-0.15, -0.1) is 0 Å². The molecule has 0 unspecified atom stereocenters. The molecule has 0 fully saturated rings. The molecule has 0 atom stereocenters. The normalized spacial score (nSPS) is 16.1. The lowest BCUT2D eigenvalue weighted by Crippen LogP contribution is -2.17. The van der Waals surface area contributed by atoms with Gasteiger partial charge in [-0.05, 0) is 54.8 Å². The fourth-order valence-electron chi connectivity index (χ4n) is 3.93. The Morgan fingerprint density at radius 2 is 1.75 bits per heavy atom. The summed E-state index contributed by atoms with van der Waals surface area (Å²) >= 11 is 0. The number of hydrogen-bond donors (Lipinski definition) is 1. The largest absolute Gasteiger partial charge is 0.464 e. The number of rotatable bonds is 0. The third kappa shape index (κ3) is 2.09. The summed E-state index contributed by atoms with van der Waals surface area (Å²) in [7, 11) is 0. The van der Waals surface area contributed by atoms with E-state index in [1.54, 1.807) is 0 Å². The fourth-order valence-corrected chi connectivity index (χ4v) is 3.93. The zero-order chi connectivity index (χ0) is 17.1. The molecule has 0 saturated carbocycles. The molecule has 3 aromatic rings. The molecule has 0 bridgehead atoms. The van der Waals surface area contributed by atoms with E-state index in [1.165, 1.54) is 11.1 Å². The zero-order valence-corrected chi connectivity index (χ0v) is 14.7. The van der Waals surface area contributed by atoms with Crippen LogP contribution in [0.1, 0.15) is 55.9 Å². The molecule has 0 aliphatic heterocycles. The van der Waals surface area contributed by atoms with Gasteiger partial charge in [0.2, 0.25) is 0 Å². The number of furan rings is 1. The van der Waals surface area contributed by atoms with Gasteiger partial charge in [0, 0.05) is 27.5 Å². The summed E-state index contributed by atoms with van der Waals surface area (Å²) in [5, 5.41) is 15.1. The molecule has 126 valence electrons. The van der Waals surface area contributed by atoms with E-state index in [9.17, 15) is 5.21 Å². The van der Waals surface area contributed by atoms with E-state index in [1.807, 2.05) is 13.2 Å². The second-order valence-corrected chi connectivity index (χ2v) is 7.83. The molecule has 1 aliphatic rings. The second-order valence-electron chi connectivity index (χ2n) is 7.83. The minimum absolute atomic E-state index is 0.0168. The molecule has 0 amide bonds. The Morgan fingerprint density at radius 1 is 1.04 bits per heavy atom. The van der Waals surface area contributed by atoms with Gasteiger partial charge in [0.15, 0.2) is 0 Å². The maximum absolute atomic E-state index is 9.38. The van der Waals surface area contributed by atoms with E-state index in [4.69, 9.17) is 8.83 Å². The average molecular weight is 325 g/mol. The van der Waals surface area contributed by atoms with Crippen molar-refractivity contribution in [1.29, 1.82) is 0 Å². The lowest BCUT2D eigenvalue weighted by molar-refractivity contribution is 0.274.